The number of piperidine rings is 1. The van der Waals surface area contributed by atoms with Crippen LogP contribution in [-0.2, 0) is 9.47 Å². The molecule has 248 valence electrons. The van der Waals surface area contributed by atoms with E-state index in [1.165, 1.54) is 4.57 Å². The van der Waals surface area contributed by atoms with E-state index in [4.69, 9.17) is 18.9 Å². The second-order valence-corrected chi connectivity index (χ2v) is 12.2. The van der Waals surface area contributed by atoms with Crippen LogP contribution in [0.3, 0.4) is 0 Å². The fourth-order valence-corrected chi connectivity index (χ4v) is 5.35. The lowest BCUT2D eigenvalue weighted by molar-refractivity contribution is 0.0204. The zero-order chi connectivity index (χ0) is 33.6. The lowest BCUT2D eigenvalue weighted by Gasteiger charge is -2.33. The smallest absolute Gasteiger partial charge is 0.410 e. The van der Waals surface area contributed by atoms with Gasteiger partial charge in [-0.1, -0.05) is 12.1 Å². The minimum Gasteiger partial charge on any atom is -0.487 e. The van der Waals surface area contributed by atoms with Gasteiger partial charge in [-0.05, 0) is 75.4 Å². The second-order valence-electron chi connectivity index (χ2n) is 12.2. The predicted molar refractivity (Wildman–Crippen MR) is 178 cm³/mol. The molecule has 0 bridgehead atoms. The third-order valence-corrected chi connectivity index (χ3v) is 7.73. The number of anilines is 1. The van der Waals surface area contributed by atoms with Crippen LogP contribution in [0.4, 0.5) is 15.4 Å². The highest BCUT2D eigenvalue weighted by molar-refractivity contribution is 6.03. The van der Waals surface area contributed by atoms with Gasteiger partial charge in [0.25, 0.3) is 5.91 Å². The summed E-state index contributed by atoms with van der Waals surface area (Å²) in [5.41, 5.74) is 1.76. The van der Waals surface area contributed by atoms with Gasteiger partial charge in [-0.25, -0.2) is 14.6 Å². The molecule has 1 saturated heterocycles. The zero-order valence-corrected chi connectivity index (χ0v) is 27.4. The Morgan fingerprint density at radius 3 is 2.38 bits per heavy atom. The Balaban J connectivity index is 1.23. The van der Waals surface area contributed by atoms with Crippen LogP contribution in [0.5, 0.6) is 17.2 Å². The fraction of sp³-hybridized carbons (Fsp3) is 0.371. The average Bonchev–Trinajstić information content (AvgIpc) is 3.46. The van der Waals surface area contributed by atoms with E-state index in [-0.39, 0.29) is 24.6 Å². The normalized spacial score (nSPS) is 13.7. The van der Waals surface area contributed by atoms with Crippen LogP contribution in [0.25, 0.3) is 10.9 Å². The number of nitrogens with one attached hydrogen (secondary N) is 2. The van der Waals surface area contributed by atoms with E-state index in [0.29, 0.717) is 59.8 Å². The molecule has 1 aliphatic heterocycles. The Morgan fingerprint density at radius 1 is 0.957 bits per heavy atom. The van der Waals surface area contributed by atoms with E-state index in [9.17, 15) is 14.4 Å². The van der Waals surface area contributed by atoms with Gasteiger partial charge >= 0.3 is 12.1 Å². The van der Waals surface area contributed by atoms with Gasteiger partial charge in [0.15, 0.2) is 11.5 Å². The van der Waals surface area contributed by atoms with Gasteiger partial charge in [0.05, 0.1) is 12.1 Å². The molecule has 1 aliphatic rings. The summed E-state index contributed by atoms with van der Waals surface area (Å²) < 4.78 is 24.3. The second kappa shape index (κ2) is 14.5. The van der Waals surface area contributed by atoms with E-state index in [1.807, 2.05) is 39.0 Å². The highest BCUT2D eigenvalue weighted by Crippen LogP contribution is 2.37. The van der Waals surface area contributed by atoms with Crippen molar-refractivity contribution in [3.8, 4) is 17.2 Å². The van der Waals surface area contributed by atoms with Crippen LogP contribution in [0, 0.1) is 0 Å². The molecule has 12 heteroatoms. The van der Waals surface area contributed by atoms with Crippen LogP contribution in [-0.4, -0.2) is 78.5 Å². The number of nitrogens with zero attached hydrogens (tertiary/aromatic N) is 3. The van der Waals surface area contributed by atoms with Gasteiger partial charge in [0, 0.05) is 62.7 Å². The first-order chi connectivity index (χ1) is 22.5. The first-order valence-electron chi connectivity index (χ1n) is 15.6. The SMILES string of the molecule is CNC(=O)n1ccc2cc(Oc3ccnc(NC(=O)c4ccc(C5CCN(C(=O)OC(C)(C)C)CC5)cc4)c3)c(OCCOC)cc21. The Hall–Kier alpha value is -5.10. The molecule has 2 aromatic heterocycles. The van der Waals surface area contributed by atoms with Crippen molar-refractivity contribution in [2.75, 3.05) is 45.8 Å². The third kappa shape index (κ3) is 8.39. The Bertz CT molecular complexity index is 1720. The molecular formula is C35H41N5O7. The molecule has 4 aromatic rings. The summed E-state index contributed by atoms with van der Waals surface area (Å²) >= 11 is 0. The molecule has 1 fully saturated rings. The lowest BCUT2D eigenvalue weighted by atomic mass is 9.89. The van der Waals surface area contributed by atoms with Gasteiger partial charge in [0.2, 0.25) is 0 Å². The highest BCUT2D eigenvalue weighted by atomic mass is 16.6. The molecule has 0 unspecified atom stereocenters. The maximum Gasteiger partial charge on any atom is 0.410 e. The minimum absolute atomic E-state index is 0.277. The first-order valence-corrected chi connectivity index (χ1v) is 15.6. The number of rotatable bonds is 9. The molecule has 5 rings (SSSR count). The van der Waals surface area contributed by atoms with Crippen LogP contribution >= 0.6 is 0 Å². The Kier molecular flexibility index (Phi) is 10.3. The Morgan fingerprint density at radius 2 is 1.70 bits per heavy atom. The molecule has 3 amide bonds. The zero-order valence-electron chi connectivity index (χ0n) is 27.4. The van der Waals surface area contributed by atoms with Crippen LogP contribution in [0.2, 0.25) is 0 Å². The molecule has 0 radical (unpaired) electrons. The quantitative estimate of drug-likeness (QED) is 0.200. The van der Waals surface area contributed by atoms with Crippen LogP contribution < -0.4 is 20.1 Å². The molecule has 12 nitrogen and oxygen atoms in total. The molecule has 0 saturated carbocycles. The number of methoxy groups -OCH3 is 1. The van der Waals surface area contributed by atoms with Gasteiger partial charge in [-0.15, -0.1) is 0 Å². The van der Waals surface area contributed by atoms with Crippen LogP contribution in [0.15, 0.2) is 67.0 Å². The topological polar surface area (TPSA) is 133 Å². The van der Waals surface area contributed by atoms with E-state index in [1.54, 1.807) is 67.8 Å². The number of benzene rings is 2. The number of carbonyl (C=O) groups excluding carboxylic acids is 3. The predicted octanol–water partition coefficient (Wildman–Crippen LogP) is 6.41. The summed E-state index contributed by atoms with van der Waals surface area (Å²) in [7, 11) is 3.15. The highest BCUT2D eigenvalue weighted by Gasteiger charge is 2.27. The molecule has 2 aromatic carbocycles. The number of amides is 3. The van der Waals surface area contributed by atoms with Gasteiger partial charge in [-0.2, -0.15) is 0 Å². The third-order valence-electron chi connectivity index (χ3n) is 7.73. The average molecular weight is 644 g/mol. The van der Waals surface area contributed by atoms with Gasteiger partial charge in [0.1, 0.15) is 23.8 Å². The fourth-order valence-electron chi connectivity index (χ4n) is 5.35. The molecule has 0 spiro atoms. The van der Waals surface area contributed by atoms with Gasteiger partial charge in [-0.3, -0.25) is 9.36 Å². The number of pyridine rings is 1. The van der Waals surface area contributed by atoms with Crippen molar-refractivity contribution in [3.63, 3.8) is 0 Å². The molecule has 2 N–H and O–H groups in total. The van der Waals surface area contributed by atoms with Crippen LogP contribution in [0.1, 0.15) is 55.5 Å². The van der Waals surface area contributed by atoms with Crippen molar-refractivity contribution in [1.82, 2.24) is 19.8 Å². The first kappa shape index (κ1) is 33.3. The number of fused-ring (bicyclic) bond motifs is 1. The molecular weight excluding hydrogens is 602 g/mol. The molecule has 47 heavy (non-hydrogen) atoms. The van der Waals surface area contributed by atoms with Gasteiger partial charge < -0.3 is 34.5 Å². The maximum absolute atomic E-state index is 13.1. The number of carbonyl (C=O) groups is 3. The van der Waals surface area contributed by atoms with Crippen molar-refractivity contribution in [2.45, 2.75) is 45.1 Å². The van der Waals surface area contributed by atoms with E-state index in [0.717, 1.165) is 23.8 Å². The number of hydrogen-bond donors (Lipinski definition) is 2. The summed E-state index contributed by atoms with van der Waals surface area (Å²) in [5, 5.41) is 6.25. The number of aromatic nitrogens is 2. The number of likely N-dealkylation sites (tertiary alicyclic amines) is 1. The largest absolute Gasteiger partial charge is 0.487 e. The summed E-state index contributed by atoms with van der Waals surface area (Å²) in [5.74, 6) is 1.60. The van der Waals surface area contributed by atoms with E-state index < -0.39 is 5.60 Å². The molecule has 3 heterocycles. The molecule has 0 atom stereocenters. The summed E-state index contributed by atoms with van der Waals surface area (Å²) in [6, 6.07) is 15.9. The summed E-state index contributed by atoms with van der Waals surface area (Å²) in [6.45, 7) is 7.50. The summed E-state index contributed by atoms with van der Waals surface area (Å²) in [6.07, 6.45) is 4.60. The van der Waals surface area contributed by atoms with Crippen molar-refractivity contribution in [3.05, 3.63) is 78.1 Å². The lowest BCUT2D eigenvalue weighted by Crippen LogP contribution is -2.41. The standard InChI is InChI=1S/C35H41N5O7/c1-35(2,3)47-34(43)39-15-11-24(12-16-39)23-6-8-25(9-7-23)32(41)38-31-21-27(10-14-37-31)46-30-20-26-13-17-40(33(42)36-4)28(26)22-29(30)45-19-18-44-5/h6-10,13-14,17,20-22,24H,11-12,15-16,18-19H2,1-5H3,(H,36,42)(H,37,38,41). The maximum atomic E-state index is 13.1. The van der Waals surface area contributed by atoms with Crippen molar-refractivity contribution in [1.29, 1.82) is 0 Å². The number of hydrogen-bond acceptors (Lipinski definition) is 8. The van der Waals surface area contributed by atoms with E-state index >= 15 is 0 Å². The van der Waals surface area contributed by atoms with Crippen molar-refractivity contribution >= 4 is 34.8 Å². The molecule has 0 aliphatic carbocycles. The Labute approximate surface area is 273 Å². The summed E-state index contributed by atoms with van der Waals surface area (Å²) in [4.78, 5) is 43.9. The minimum atomic E-state index is -0.519. The van der Waals surface area contributed by atoms with Crippen molar-refractivity contribution in [2.24, 2.45) is 0 Å². The van der Waals surface area contributed by atoms with Crippen molar-refractivity contribution < 1.29 is 33.3 Å². The number of ether oxygens (including phenoxy) is 4. The van der Waals surface area contributed by atoms with E-state index in [2.05, 4.69) is 15.6 Å². The monoisotopic (exact) mass is 643 g/mol.